The van der Waals surface area contributed by atoms with Crippen LogP contribution in [-0.4, -0.2) is 27.1 Å². The number of thioether (sulfide) groups is 1. The van der Waals surface area contributed by atoms with Gasteiger partial charge in [0, 0.05) is 17.0 Å². The number of carbonyl (C=O) groups is 2. The molecule has 1 saturated heterocycles. The van der Waals surface area contributed by atoms with E-state index in [-0.39, 0.29) is 18.2 Å². The molecule has 2 amide bonds. The summed E-state index contributed by atoms with van der Waals surface area (Å²) in [4.78, 5) is 33.5. The first kappa shape index (κ1) is 21.3. The molecule has 1 N–H and O–H groups in total. The van der Waals surface area contributed by atoms with Crippen LogP contribution in [0, 0.1) is 13.8 Å². The number of hydrogen-bond acceptors (Lipinski definition) is 5. The van der Waals surface area contributed by atoms with Crippen molar-refractivity contribution in [2.45, 2.75) is 32.1 Å². The number of thiophene rings is 1. The summed E-state index contributed by atoms with van der Waals surface area (Å²) < 4.78 is 0. The maximum absolute atomic E-state index is 13.1. The highest BCUT2D eigenvalue weighted by Gasteiger charge is 2.36. The molecule has 31 heavy (non-hydrogen) atoms. The first-order valence-corrected chi connectivity index (χ1v) is 11.8. The van der Waals surface area contributed by atoms with E-state index >= 15 is 0 Å². The summed E-state index contributed by atoms with van der Waals surface area (Å²) in [6, 6.07) is 19.4. The average molecular weight is 450 g/mol. The molecule has 1 unspecified atom stereocenters. The van der Waals surface area contributed by atoms with Gasteiger partial charge in [-0.25, -0.2) is 4.99 Å². The molecule has 0 bridgehead atoms. The van der Waals surface area contributed by atoms with Crippen molar-refractivity contribution in [2.24, 2.45) is 4.99 Å². The van der Waals surface area contributed by atoms with Crippen molar-refractivity contribution in [1.29, 1.82) is 0 Å². The Kier molecular flexibility index (Phi) is 6.53. The van der Waals surface area contributed by atoms with Crippen molar-refractivity contribution in [3.8, 4) is 0 Å². The number of nitrogens with one attached hydrogen (secondary N) is 1. The Morgan fingerprint density at radius 3 is 2.65 bits per heavy atom. The fourth-order valence-corrected chi connectivity index (χ4v) is 5.13. The number of para-hydroxylation sites is 1. The predicted octanol–water partition coefficient (Wildman–Crippen LogP) is 5.53. The lowest BCUT2D eigenvalue weighted by molar-refractivity contribution is -0.129. The quantitative estimate of drug-likeness (QED) is 0.557. The molecule has 5 nitrogen and oxygen atoms in total. The van der Waals surface area contributed by atoms with Crippen LogP contribution in [0.15, 0.2) is 71.0 Å². The first-order valence-electron chi connectivity index (χ1n) is 10.0. The fraction of sp³-hybridized carbons (Fsp3) is 0.208. The molecule has 0 radical (unpaired) electrons. The van der Waals surface area contributed by atoms with E-state index in [4.69, 9.17) is 4.99 Å². The van der Waals surface area contributed by atoms with Crippen LogP contribution in [0.1, 0.15) is 22.4 Å². The van der Waals surface area contributed by atoms with Crippen molar-refractivity contribution in [2.75, 3.05) is 5.32 Å². The van der Waals surface area contributed by atoms with E-state index in [0.29, 0.717) is 11.7 Å². The normalized spacial score (nSPS) is 17.7. The summed E-state index contributed by atoms with van der Waals surface area (Å²) in [5, 5.41) is 5.00. The Morgan fingerprint density at radius 1 is 1.13 bits per heavy atom. The van der Waals surface area contributed by atoms with Gasteiger partial charge >= 0.3 is 0 Å². The van der Waals surface area contributed by atoms with Gasteiger partial charge < -0.3 is 5.32 Å². The summed E-state index contributed by atoms with van der Waals surface area (Å²) in [5.74, 6) is -0.274. The van der Waals surface area contributed by atoms with E-state index in [0.717, 1.165) is 27.4 Å². The van der Waals surface area contributed by atoms with E-state index in [2.05, 4.69) is 5.32 Å². The largest absolute Gasteiger partial charge is 0.325 e. The monoisotopic (exact) mass is 449 g/mol. The highest BCUT2D eigenvalue weighted by molar-refractivity contribution is 8.15. The summed E-state index contributed by atoms with van der Waals surface area (Å²) in [6.45, 7) is 4.44. The highest BCUT2D eigenvalue weighted by Crippen LogP contribution is 2.31. The van der Waals surface area contributed by atoms with Crippen molar-refractivity contribution >= 4 is 51.5 Å². The van der Waals surface area contributed by atoms with Crippen molar-refractivity contribution in [3.63, 3.8) is 0 Å². The van der Waals surface area contributed by atoms with Gasteiger partial charge in [0.15, 0.2) is 5.17 Å². The van der Waals surface area contributed by atoms with Crippen LogP contribution < -0.4 is 5.32 Å². The van der Waals surface area contributed by atoms with E-state index in [1.54, 1.807) is 16.2 Å². The van der Waals surface area contributed by atoms with Crippen LogP contribution in [0.3, 0.4) is 0 Å². The third kappa shape index (κ3) is 5.24. The topological polar surface area (TPSA) is 61.8 Å². The lowest BCUT2D eigenvalue weighted by Gasteiger charge is -2.31. The van der Waals surface area contributed by atoms with Crippen LogP contribution >= 0.6 is 23.1 Å². The Labute approximate surface area is 190 Å². The van der Waals surface area contributed by atoms with Gasteiger partial charge in [0.25, 0.3) is 0 Å². The number of carbonyl (C=O) groups excluding carboxylic acids is 2. The second-order valence-corrected chi connectivity index (χ2v) is 9.61. The Morgan fingerprint density at radius 2 is 1.94 bits per heavy atom. The fourth-order valence-electron chi connectivity index (χ4n) is 3.34. The zero-order valence-corrected chi connectivity index (χ0v) is 19.0. The van der Waals surface area contributed by atoms with Crippen LogP contribution in [0.2, 0.25) is 0 Å². The number of anilines is 1. The Balaban J connectivity index is 1.58. The van der Waals surface area contributed by atoms with Crippen molar-refractivity contribution in [1.82, 2.24) is 4.90 Å². The van der Waals surface area contributed by atoms with Crippen LogP contribution in [0.25, 0.3) is 0 Å². The third-order valence-corrected chi connectivity index (χ3v) is 7.00. The van der Waals surface area contributed by atoms with E-state index < -0.39 is 5.25 Å². The second kappa shape index (κ2) is 9.49. The summed E-state index contributed by atoms with van der Waals surface area (Å²) in [5.41, 5.74) is 3.66. The van der Waals surface area contributed by atoms with E-state index in [9.17, 15) is 9.59 Å². The van der Waals surface area contributed by atoms with Gasteiger partial charge in [-0.05, 0) is 49.1 Å². The van der Waals surface area contributed by atoms with Gasteiger partial charge in [-0.15, -0.1) is 11.3 Å². The predicted molar refractivity (Wildman–Crippen MR) is 129 cm³/mol. The van der Waals surface area contributed by atoms with Gasteiger partial charge in [0.1, 0.15) is 5.25 Å². The lowest BCUT2D eigenvalue weighted by atomic mass is 10.1. The molecule has 1 fully saturated rings. The number of nitrogens with zero attached hydrogens (tertiary/aromatic N) is 2. The van der Waals surface area contributed by atoms with Gasteiger partial charge in [-0.1, -0.05) is 53.7 Å². The molecule has 4 rings (SSSR count). The summed E-state index contributed by atoms with van der Waals surface area (Å²) in [6.07, 6.45) is 0.139. The molecule has 0 saturated carbocycles. The molecule has 0 spiro atoms. The maximum Gasteiger partial charge on any atom is 0.238 e. The van der Waals surface area contributed by atoms with Gasteiger partial charge in [0.05, 0.1) is 12.2 Å². The molecule has 1 aromatic heterocycles. The molecule has 1 aliphatic rings. The van der Waals surface area contributed by atoms with Gasteiger partial charge in [0.2, 0.25) is 11.8 Å². The molecule has 158 valence electrons. The Hall–Kier alpha value is -2.90. The zero-order valence-electron chi connectivity index (χ0n) is 17.4. The minimum Gasteiger partial charge on any atom is -0.325 e. The number of amides is 2. The summed E-state index contributed by atoms with van der Waals surface area (Å²) >= 11 is 2.95. The molecule has 1 aliphatic heterocycles. The molecule has 2 aromatic carbocycles. The number of rotatable bonds is 5. The molecule has 1 atom stereocenters. The average Bonchev–Trinajstić information content (AvgIpc) is 3.26. The Bertz CT molecular complexity index is 1110. The number of aryl methyl sites for hydroxylation is 2. The van der Waals surface area contributed by atoms with Crippen LogP contribution in [0.4, 0.5) is 11.4 Å². The highest BCUT2D eigenvalue weighted by atomic mass is 32.2. The SMILES string of the molecule is Cc1ccc(NC(=O)C2CC(=O)N(Cc3cccs3)C(=Nc3ccccc3)S2)c(C)c1. The maximum atomic E-state index is 13.1. The van der Waals surface area contributed by atoms with Gasteiger partial charge in [-0.2, -0.15) is 0 Å². The van der Waals surface area contributed by atoms with E-state index in [1.807, 2.05) is 79.9 Å². The first-order chi connectivity index (χ1) is 15.0. The number of benzene rings is 2. The number of amidine groups is 1. The standard InChI is InChI=1S/C24H23N3O2S2/c1-16-10-11-20(17(2)13-16)26-23(29)21-14-22(28)27(15-19-9-6-12-30-19)24(31-21)25-18-7-4-3-5-8-18/h3-13,21H,14-15H2,1-2H3,(H,26,29). The van der Waals surface area contributed by atoms with Crippen LogP contribution in [0.5, 0.6) is 0 Å². The lowest BCUT2D eigenvalue weighted by Crippen LogP contribution is -2.44. The second-order valence-electron chi connectivity index (χ2n) is 7.41. The van der Waals surface area contributed by atoms with Crippen molar-refractivity contribution < 1.29 is 9.59 Å². The van der Waals surface area contributed by atoms with Crippen molar-refractivity contribution in [3.05, 3.63) is 82.0 Å². The molecule has 3 aromatic rings. The molecule has 0 aliphatic carbocycles. The minimum absolute atomic E-state index is 0.0948. The molecular formula is C24H23N3O2S2. The van der Waals surface area contributed by atoms with Gasteiger partial charge in [-0.3, -0.25) is 14.5 Å². The number of aliphatic imine (C=N–C) groups is 1. The molecule has 7 heteroatoms. The van der Waals surface area contributed by atoms with Crippen LogP contribution in [-0.2, 0) is 16.1 Å². The smallest absolute Gasteiger partial charge is 0.238 e. The molecular weight excluding hydrogens is 426 g/mol. The summed E-state index contributed by atoms with van der Waals surface area (Å²) in [7, 11) is 0. The molecule has 2 heterocycles. The third-order valence-electron chi connectivity index (χ3n) is 4.95. The number of hydrogen-bond donors (Lipinski definition) is 1. The zero-order chi connectivity index (χ0) is 21.8. The van der Waals surface area contributed by atoms with E-state index in [1.165, 1.54) is 11.8 Å². The minimum atomic E-state index is -0.532.